The van der Waals surface area contributed by atoms with Crippen LogP contribution in [0.4, 0.5) is 13.2 Å². The maximum Gasteiger partial charge on any atom is 0.416 e. The van der Waals surface area contributed by atoms with Crippen molar-refractivity contribution in [2.75, 3.05) is 6.54 Å². The summed E-state index contributed by atoms with van der Waals surface area (Å²) in [6, 6.07) is 6.95. The zero-order valence-electron chi connectivity index (χ0n) is 14.0. The summed E-state index contributed by atoms with van der Waals surface area (Å²) in [7, 11) is 0. The molecule has 0 amide bonds. The van der Waals surface area contributed by atoms with E-state index < -0.39 is 22.4 Å². The molecule has 0 radical (unpaired) electrons. The first kappa shape index (κ1) is 22.5. The van der Waals surface area contributed by atoms with Gasteiger partial charge in [0.05, 0.1) is 22.4 Å². The van der Waals surface area contributed by atoms with Gasteiger partial charge in [0.25, 0.3) is 0 Å². The van der Waals surface area contributed by atoms with Crippen LogP contribution >= 0.6 is 12.4 Å². The molecular formula is C16H17ClF3N5O2. The molecule has 0 aliphatic carbocycles. The molecule has 146 valence electrons. The largest absolute Gasteiger partial charge is 0.416 e. The molecule has 0 atom stereocenters. The number of nitrogens with zero attached hydrogens (tertiary/aromatic N) is 4. The minimum absolute atomic E-state index is 0. The Morgan fingerprint density at radius 1 is 1.19 bits per heavy atom. The molecule has 0 unspecified atom stereocenters. The number of nitro groups is 1. The fourth-order valence-corrected chi connectivity index (χ4v) is 2.24. The molecule has 7 nitrogen and oxygen atoms in total. The third-order valence-corrected chi connectivity index (χ3v) is 3.57. The predicted octanol–water partition coefficient (Wildman–Crippen LogP) is 3.49. The van der Waals surface area contributed by atoms with Gasteiger partial charge in [-0.3, -0.25) is 15.1 Å². The topological polar surface area (TPSA) is 107 Å². The molecule has 27 heavy (non-hydrogen) atoms. The molecule has 3 rings (SSSR count). The molecular weight excluding hydrogens is 387 g/mol. The highest BCUT2D eigenvalue weighted by Gasteiger charge is 2.42. The van der Waals surface area contributed by atoms with E-state index in [0.29, 0.717) is 23.9 Å². The molecule has 2 N–H and O–H groups in total. The monoisotopic (exact) mass is 403 g/mol. The van der Waals surface area contributed by atoms with Gasteiger partial charge in [-0.15, -0.1) is 12.4 Å². The molecule has 0 spiro atoms. The van der Waals surface area contributed by atoms with Crippen molar-refractivity contribution in [1.29, 1.82) is 0 Å². The van der Waals surface area contributed by atoms with E-state index in [1.807, 2.05) is 0 Å². The summed E-state index contributed by atoms with van der Waals surface area (Å²) in [5.41, 5.74) is 4.94. The Morgan fingerprint density at radius 3 is 2.41 bits per heavy atom. The van der Waals surface area contributed by atoms with Gasteiger partial charge in [-0.1, -0.05) is 12.1 Å². The van der Waals surface area contributed by atoms with Gasteiger partial charge < -0.3 is 5.73 Å². The summed E-state index contributed by atoms with van der Waals surface area (Å²) in [5, 5.41) is 11.3. The van der Waals surface area contributed by atoms with Crippen LogP contribution in [0.1, 0.15) is 18.4 Å². The number of hydrogen-bond acceptors (Lipinski definition) is 6. The smallest absolute Gasteiger partial charge is 0.330 e. The molecule has 2 aromatic rings. The Morgan fingerprint density at radius 2 is 1.85 bits per heavy atom. The lowest BCUT2D eigenvalue weighted by Crippen LogP contribution is -2.32. The molecule has 0 saturated heterocycles. The number of pyridine rings is 1. The summed E-state index contributed by atoms with van der Waals surface area (Å²) >= 11 is 0. The van der Waals surface area contributed by atoms with Crippen molar-refractivity contribution in [2.45, 2.75) is 24.8 Å². The minimum atomic E-state index is -4.30. The van der Waals surface area contributed by atoms with Gasteiger partial charge >= 0.3 is 12.0 Å². The van der Waals surface area contributed by atoms with Crippen LogP contribution in [0.15, 0.2) is 46.5 Å². The number of aromatic nitrogens is 1. The van der Waals surface area contributed by atoms with Crippen LogP contribution in [0, 0.1) is 10.1 Å². The maximum absolute atomic E-state index is 12.3. The Balaban J connectivity index is 0.000000264. The number of aliphatic imine (C=N–C) groups is 2. The van der Waals surface area contributed by atoms with Crippen molar-refractivity contribution in [3.63, 3.8) is 0 Å². The highest BCUT2D eigenvalue weighted by Crippen LogP contribution is 2.30. The number of benzene rings is 1. The lowest BCUT2D eigenvalue weighted by Gasteiger charge is -2.12. The molecule has 1 aliphatic rings. The van der Waals surface area contributed by atoms with Gasteiger partial charge in [-0.05, 0) is 31.2 Å². The third-order valence-electron chi connectivity index (χ3n) is 3.57. The third kappa shape index (κ3) is 5.69. The molecule has 0 bridgehead atoms. The normalized spacial score (nSPS) is 14.4. The van der Waals surface area contributed by atoms with Crippen molar-refractivity contribution >= 4 is 35.7 Å². The summed E-state index contributed by atoms with van der Waals surface area (Å²) in [6.45, 7) is 0.417. The predicted molar refractivity (Wildman–Crippen MR) is 99.0 cm³/mol. The first-order chi connectivity index (χ1) is 12.3. The highest BCUT2D eigenvalue weighted by molar-refractivity contribution is 6.17. The number of fused-ring (bicyclic) bond motifs is 1. The Hall–Kier alpha value is -2.59. The Kier molecular flexibility index (Phi) is 7.80. The number of rotatable bonds is 4. The van der Waals surface area contributed by atoms with Crippen molar-refractivity contribution in [3.8, 4) is 0 Å². The molecule has 1 aromatic heterocycles. The van der Waals surface area contributed by atoms with Crippen LogP contribution in [0.3, 0.4) is 0 Å². The molecule has 11 heteroatoms. The van der Waals surface area contributed by atoms with Crippen molar-refractivity contribution in [1.82, 2.24) is 4.98 Å². The van der Waals surface area contributed by atoms with E-state index >= 15 is 0 Å². The van der Waals surface area contributed by atoms with E-state index in [2.05, 4.69) is 15.0 Å². The zero-order valence-corrected chi connectivity index (χ0v) is 14.8. The summed E-state index contributed by atoms with van der Waals surface area (Å²) < 4.78 is 36.9. The fraction of sp³-hybridized carbons (Fsp3) is 0.312. The number of halogens is 4. The van der Waals surface area contributed by atoms with Gasteiger partial charge in [-0.25, -0.2) is 0 Å². The summed E-state index contributed by atoms with van der Waals surface area (Å²) in [6.07, 6.45) is 0.687. The van der Waals surface area contributed by atoms with Crippen LogP contribution in [0.25, 0.3) is 10.9 Å². The van der Waals surface area contributed by atoms with Crippen molar-refractivity contribution in [3.05, 3.63) is 52.2 Å². The SMILES string of the molecule is Cl.FC(F)(F)c1ccc2cccnc2c1.NCCCC1([N+](=O)[O-])N=CC=N1. The zero-order chi connectivity index (χ0) is 19.2. The van der Waals surface area contributed by atoms with E-state index in [4.69, 9.17) is 5.73 Å². The highest BCUT2D eigenvalue weighted by atomic mass is 35.5. The number of hydrogen-bond donors (Lipinski definition) is 1. The van der Waals surface area contributed by atoms with Crippen LogP contribution in [-0.4, -0.2) is 34.7 Å². The van der Waals surface area contributed by atoms with Crippen LogP contribution in [0.2, 0.25) is 0 Å². The average molecular weight is 404 g/mol. The van der Waals surface area contributed by atoms with Crippen LogP contribution in [-0.2, 0) is 6.18 Å². The average Bonchev–Trinajstić information content (AvgIpc) is 3.10. The van der Waals surface area contributed by atoms with E-state index in [1.165, 1.54) is 24.7 Å². The Labute approximate surface area is 158 Å². The van der Waals surface area contributed by atoms with Gasteiger partial charge in [0.1, 0.15) is 0 Å². The first-order valence-electron chi connectivity index (χ1n) is 7.64. The van der Waals surface area contributed by atoms with Gasteiger partial charge in [0.15, 0.2) is 0 Å². The standard InChI is InChI=1S/C10H6F3N.C6H10N4O2.ClH/c11-10(12,13)8-4-3-7-2-1-5-14-9(7)6-8;7-3-1-2-6(10(11)12)8-4-5-9-6;/h1-6H;4-5H,1-3,7H2;1H. The minimum Gasteiger partial charge on any atom is -0.330 e. The second-order valence-corrected chi connectivity index (χ2v) is 5.39. The second kappa shape index (κ2) is 9.38. The number of nitrogens with two attached hydrogens (primary N) is 1. The summed E-state index contributed by atoms with van der Waals surface area (Å²) in [5.74, 6) is -1.47. The van der Waals surface area contributed by atoms with Crippen molar-refractivity contribution < 1.29 is 18.1 Å². The van der Waals surface area contributed by atoms with Gasteiger partial charge in [-0.2, -0.15) is 23.2 Å². The molecule has 1 aliphatic heterocycles. The van der Waals surface area contributed by atoms with E-state index in [0.717, 1.165) is 12.1 Å². The van der Waals surface area contributed by atoms with Crippen LogP contribution < -0.4 is 5.73 Å². The summed E-state index contributed by atoms with van der Waals surface area (Å²) in [4.78, 5) is 21.3. The van der Waals surface area contributed by atoms with Gasteiger partial charge in [0, 0.05) is 24.0 Å². The first-order valence-corrected chi connectivity index (χ1v) is 7.64. The second-order valence-electron chi connectivity index (χ2n) is 5.39. The fourth-order valence-electron chi connectivity index (χ4n) is 2.24. The Bertz CT molecular complexity index is 830. The molecule has 2 heterocycles. The maximum atomic E-state index is 12.3. The molecule has 0 saturated carbocycles. The van der Waals surface area contributed by atoms with Gasteiger partial charge in [0.2, 0.25) is 0 Å². The molecule has 0 fully saturated rings. The lowest BCUT2D eigenvalue weighted by molar-refractivity contribution is -0.566. The van der Waals surface area contributed by atoms with Crippen molar-refractivity contribution in [2.24, 2.45) is 15.7 Å². The molecule has 1 aromatic carbocycles. The lowest BCUT2D eigenvalue weighted by atomic mass is 10.1. The van der Waals surface area contributed by atoms with E-state index in [1.54, 1.807) is 12.1 Å². The van der Waals surface area contributed by atoms with Crippen LogP contribution in [0.5, 0.6) is 0 Å². The quantitative estimate of drug-likeness (QED) is 0.622. The van der Waals surface area contributed by atoms with E-state index in [-0.39, 0.29) is 18.8 Å². The van der Waals surface area contributed by atoms with E-state index in [9.17, 15) is 23.3 Å². The number of alkyl halides is 3.